The highest BCUT2D eigenvalue weighted by Crippen LogP contribution is 2.29. The van der Waals surface area contributed by atoms with Gasteiger partial charge in [0.25, 0.3) is 0 Å². The van der Waals surface area contributed by atoms with Crippen LogP contribution in [0.5, 0.6) is 0 Å². The second-order valence-corrected chi connectivity index (χ2v) is 4.72. The van der Waals surface area contributed by atoms with Crippen LogP contribution in [0, 0.1) is 6.92 Å². The molecule has 3 N–H and O–H groups in total. The molecule has 3 heteroatoms. The highest BCUT2D eigenvalue weighted by molar-refractivity contribution is 6.31. The molecule has 2 nitrogen and oxygen atoms in total. The number of halogens is 1. The van der Waals surface area contributed by atoms with Crippen LogP contribution >= 0.6 is 11.6 Å². The van der Waals surface area contributed by atoms with E-state index in [0.717, 1.165) is 22.0 Å². The number of hydrogen-bond acceptors (Lipinski definition) is 2. The van der Waals surface area contributed by atoms with Crippen molar-refractivity contribution in [2.45, 2.75) is 38.6 Å². The largest absolute Gasteiger partial charge is 0.397 e. The number of rotatable bonds is 2. The van der Waals surface area contributed by atoms with Crippen molar-refractivity contribution in [3.63, 3.8) is 0 Å². The molecule has 0 atom stereocenters. The maximum atomic E-state index is 5.99. The second-order valence-electron chi connectivity index (χ2n) is 4.31. The van der Waals surface area contributed by atoms with E-state index in [1.54, 1.807) is 0 Å². The van der Waals surface area contributed by atoms with Gasteiger partial charge in [0.15, 0.2) is 0 Å². The lowest BCUT2D eigenvalue weighted by atomic mass is 10.1. The lowest BCUT2D eigenvalue weighted by molar-refractivity contribution is 0.756. The van der Waals surface area contributed by atoms with E-state index in [1.807, 2.05) is 19.1 Å². The summed E-state index contributed by atoms with van der Waals surface area (Å²) in [5.74, 6) is 0. The molecule has 1 aliphatic rings. The molecule has 0 saturated heterocycles. The number of anilines is 2. The highest BCUT2D eigenvalue weighted by atomic mass is 35.5. The Bertz CT molecular complexity index is 357. The lowest BCUT2D eigenvalue weighted by Crippen LogP contribution is -2.15. The molecular weight excluding hydrogens is 208 g/mol. The zero-order valence-corrected chi connectivity index (χ0v) is 9.77. The van der Waals surface area contributed by atoms with Gasteiger partial charge in [-0.05, 0) is 37.5 Å². The molecule has 0 unspecified atom stereocenters. The molecule has 82 valence electrons. The number of nitrogens with one attached hydrogen (secondary N) is 1. The van der Waals surface area contributed by atoms with Gasteiger partial charge >= 0.3 is 0 Å². The zero-order chi connectivity index (χ0) is 10.8. The van der Waals surface area contributed by atoms with Crippen LogP contribution < -0.4 is 11.1 Å². The Labute approximate surface area is 95.8 Å². The Balaban J connectivity index is 2.16. The van der Waals surface area contributed by atoms with Crippen molar-refractivity contribution in [3.8, 4) is 0 Å². The van der Waals surface area contributed by atoms with E-state index in [9.17, 15) is 0 Å². The van der Waals surface area contributed by atoms with Crippen molar-refractivity contribution < 1.29 is 0 Å². The summed E-state index contributed by atoms with van der Waals surface area (Å²) in [7, 11) is 0. The van der Waals surface area contributed by atoms with E-state index >= 15 is 0 Å². The number of nitrogen functional groups attached to an aromatic ring is 1. The first-order chi connectivity index (χ1) is 7.16. The lowest BCUT2D eigenvalue weighted by Gasteiger charge is -2.16. The molecule has 1 aromatic rings. The van der Waals surface area contributed by atoms with E-state index in [0.29, 0.717) is 6.04 Å². The van der Waals surface area contributed by atoms with Crippen LogP contribution in [0.3, 0.4) is 0 Å². The Morgan fingerprint density at radius 3 is 2.67 bits per heavy atom. The predicted molar refractivity (Wildman–Crippen MR) is 66.5 cm³/mol. The van der Waals surface area contributed by atoms with Gasteiger partial charge in [-0.3, -0.25) is 0 Å². The summed E-state index contributed by atoms with van der Waals surface area (Å²) in [6.45, 7) is 2.00. The first kappa shape index (κ1) is 10.6. The molecule has 0 amide bonds. The molecule has 0 heterocycles. The summed E-state index contributed by atoms with van der Waals surface area (Å²) in [4.78, 5) is 0. The van der Waals surface area contributed by atoms with Crippen molar-refractivity contribution in [3.05, 3.63) is 22.7 Å². The molecule has 0 aromatic heterocycles. The first-order valence-electron chi connectivity index (χ1n) is 5.49. The fourth-order valence-corrected chi connectivity index (χ4v) is 2.28. The van der Waals surface area contributed by atoms with Crippen molar-refractivity contribution in [2.24, 2.45) is 0 Å². The van der Waals surface area contributed by atoms with Gasteiger partial charge in [-0.1, -0.05) is 24.4 Å². The molecule has 2 rings (SSSR count). The van der Waals surface area contributed by atoms with Crippen LogP contribution in [0.25, 0.3) is 0 Å². The summed E-state index contributed by atoms with van der Waals surface area (Å²) in [6, 6.07) is 4.46. The van der Waals surface area contributed by atoms with E-state index in [4.69, 9.17) is 17.3 Å². The molecule has 1 fully saturated rings. The summed E-state index contributed by atoms with van der Waals surface area (Å²) in [5.41, 5.74) is 8.78. The molecule has 0 radical (unpaired) electrons. The van der Waals surface area contributed by atoms with Gasteiger partial charge in [0, 0.05) is 11.1 Å². The summed E-state index contributed by atoms with van der Waals surface area (Å²) < 4.78 is 0. The fraction of sp³-hybridized carbons (Fsp3) is 0.500. The van der Waals surface area contributed by atoms with Gasteiger partial charge in [-0.15, -0.1) is 0 Å². The van der Waals surface area contributed by atoms with Crippen LogP contribution in [0.4, 0.5) is 11.4 Å². The molecule has 0 spiro atoms. The number of hydrogen-bond donors (Lipinski definition) is 2. The highest BCUT2D eigenvalue weighted by Gasteiger charge is 2.15. The Kier molecular flexibility index (Phi) is 3.06. The Hall–Kier alpha value is -0.890. The maximum absolute atomic E-state index is 5.99. The third kappa shape index (κ3) is 2.37. The van der Waals surface area contributed by atoms with Crippen molar-refractivity contribution in [1.82, 2.24) is 0 Å². The van der Waals surface area contributed by atoms with Crippen LogP contribution in [-0.4, -0.2) is 6.04 Å². The van der Waals surface area contributed by atoms with Crippen LogP contribution in [0.15, 0.2) is 12.1 Å². The first-order valence-corrected chi connectivity index (χ1v) is 5.87. The molecule has 0 aliphatic heterocycles. The fourth-order valence-electron chi connectivity index (χ4n) is 2.11. The molecule has 1 aliphatic carbocycles. The van der Waals surface area contributed by atoms with Crippen molar-refractivity contribution >= 4 is 23.0 Å². The summed E-state index contributed by atoms with van der Waals surface area (Å²) in [6.07, 6.45) is 5.15. The molecule has 15 heavy (non-hydrogen) atoms. The topological polar surface area (TPSA) is 38.0 Å². The van der Waals surface area contributed by atoms with Crippen LogP contribution in [-0.2, 0) is 0 Å². The van der Waals surface area contributed by atoms with Gasteiger partial charge in [-0.25, -0.2) is 0 Å². The average molecular weight is 225 g/mol. The van der Waals surface area contributed by atoms with Gasteiger partial charge < -0.3 is 11.1 Å². The number of benzene rings is 1. The number of aryl methyl sites for hydroxylation is 1. The van der Waals surface area contributed by atoms with Crippen molar-refractivity contribution in [1.29, 1.82) is 0 Å². The molecule has 1 aromatic carbocycles. The van der Waals surface area contributed by atoms with Gasteiger partial charge in [0.2, 0.25) is 0 Å². The van der Waals surface area contributed by atoms with Gasteiger partial charge in [-0.2, -0.15) is 0 Å². The molecule has 0 bridgehead atoms. The minimum Gasteiger partial charge on any atom is -0.397 e. The SMILES string of the molecule is Cc1cc(NC2CCCC2)c(N)cc1Cl. The van der Waals surface area contributed by atoms with E-state index in [2.05, 4.69) is 5.32 Å². The second kappa shape index (κ2) is 4.31. The summed E-state index contributed by atoms with van der Waals surface area (Å²) >= 11 is 5.99. The summed E-state index contributed by atoms with van der Waals surface area (Å²) in [5, 5.41) is 4.23. The van der Waals surface area contributed by atoms with Gasteiger partial charge in [0.1, 0.15) is 0 Å². The Morgan fingerprint density at radius 1 is 1.33 bits per heavy atom. The minimum atomic E-state index is 0.591. The van der Waals surface area contributed by atoms with E-state index in [1.165, 1.54) is 25.7 Å². The standard InChI is InChI=1S/C12H17ClN2/c1-8-6-12(11(14)7-10(8)13)15-9-4-2-3-5-9/h6-7,9,15H,2-5,14H2,1H3. The average Bonchev–Trinajstić information content (AvgIpc) is 2.67. The zero-order valence-electron chi connectivity index (χ0n) is 9.02. The third-order valence-electron chi connectivity index (χ3n) is 3.05. The normalized spacial score (nSPS) is 16.9. The molecular formula is C12H17ClN2. The maximum Gasteiger partial charge on any atom is 0.0579 e. The van der Waals surface area contributed by atoms with Gasteiger partial charge in [0.05, 0.1) is 11.4 Å². The minimum absolute atomic E-state index is 0.591. The number of nitrogens with two attached hydrogens (primary N) is 1. The van der Waals surface area contributed by atoms with E-state index in [-0.39, 0.29) is 0 Å². The van der Waals surface area contributed by atoms with Crippen LogP contribution in [0.1, 0.15) is 31.2 Å². The van der Waals surface area contributed by atoms with Crippen LogP contribution in [0.2, 0.25) is 5.02 Å². The smallest absolute Gasteiger partial charge is 0.0579 e. The van der Waals surface area contributed by atoms with E-state index < -0.39 is 0 Å². The predicted octanol–water partition coefficient (Wildman–Crippen LogP) is 3.59. The third-order valence-corrected chi connectivity index (χ3v) is 3.45. The quantitative estimate of drug-likeness (QED) is 0.754. The molecule has 1 saturated carbocycles. The van der Waals surface area contributed by atoms with Crippen molar-refractivity contribution in [2.75, 3.05) is 11.1 Å². The monoisotopic (exact) mass is 224 g/mol. The Morgan fingerprint density at radius 2 is 2.00 bits per heavy atom.